The van der Waals surface area contributed by atoms with E-state index in [4.69, 9.17) is 0 Å². The Morgan fingerprint density at radius 3 is 2.55 bits per heavy atom. The van der Waals surface area contributed by atoms with Crippen LogP contribution in [0.15, 0.2) is 0 Å². The van der Waals surface area contributed by atoms with Crippen molar-refractivity contribution in [2.45, 2.75) is 90.6 Å². The second kappa shape index (κ2) is 7.46. The Hall–Kier alpha value is -1.26. The quantitative estimate of drug-likeness (QED) is 0.765. The van der Waals surface area contributed by atoms with E-state index in [-0.39, 0.29) is 16.9 Å². The molecule has 1 N–H and O–H groups in total. The molecule has 0 aromatic heterocycles. The van der Waals surface area contributed by atoms with Crippen molar-refractivity contribution >= 4 is 11.9 Å². The van der Waals surface area contributed by atoms with Crippen LogP contribution in [0.25, 0.3) is 0 Å². The minimum absolute atomic E-state index is 0.101. The Kier molecular flexibility index (Phi) is 5.40. The maximum Gasteiger partial charge on any atom is 0.317 e. The molecular weight excluding hydrogens is 362 g/mol. The van der Waals surface area contributed by atoms with Gasteiger partial charge in [-0.2, -0.15) is 0 Å². The van der Waals surface area contributed by atoms with Crippen LogP contribution in [-0.4, -0.2) is 54.5 Å². The smallest absolute Gasteiger partial charge is 0.317 e. The molecule has 3 saturated carbocycles. The summed E-state index contributed by atoms with van der Waals surface area (Å²) in [4.78, 5) is 29.1. The summed E-state index contributed by atoms with van der Waals surface area (Å²) < 4.78 is 0. The molecule has 0 unspecified atom stereocenters. The lowest BCUT2D eigenvalue weighted by molar-refractivity contribution is -0.158. The summed E-state index contributed by atoms with van der Waals surface area (Å²) in [7, 11) is 4.04. The predicted octanol–water partition coefficient (Wildman–Crippen LogP) is 4.27. The zero-order chi connectivity index (χ0) is 21.0. The third-order valence-electron chi connectivity index (χ3n) is 9.82. The number of hydrogen-bond donors (Lipinski definition) is 1. The largest absolute Gasteiger partial charge is 0.342 e. The van der Waals surface area contributed by atoms with E-state index in [9.17, 15) is 9.59 Å². The van der Waals surface area contributed by atoms with E-state index in [1.165, 1.54) is 25.7 Å². The van der Waals surface area contributed by atoms with E-state index in [2.05, 4.69) is 31.0 Å². The van der Waals surface area contributed by atoms with E-state index in [0.717, 1.165) is 50.5 Å². The van der Waals surface area contributed by atoms with Gasteiger partial charge in [0, 0.05) is 39.1 Å². The van der Waals surface area contributed by atoms with E-state index in [1.807, 2.05) is 19.0 Å². The number of likely N-dealkylation sites (tertiary alicyclic amines) is 1. The van der Waals surface area contributed by atoms with Crippen LogP contribution < -0.4 is 5.32 Å². The summed E-state index contributed by atoms with van der Waals surface area (Å²) in [5, 5.41) is 3.08. The molecule has 1 saturated heterocycles. The number of nitrogens with one attached hydrogen (secondary N) is 1. The molecule has 0 aromatic rings. The highest BCUT2D eigenvalue weighted by atomic mass is 16.2. The molecule has 29 heavy (non-hydrogen) atoms. The average Bonchev–Trinajstić information content (AvgIpc) is 3.06. The lowest BCUT2D eigenvalue weighted by atomic mass is 9.47. The maximum absolute atomic E-state index is 12.7. The molecule has 7 atom stereocenters. The topological polar surface area (TPSA) is 52.7 Å². The Morgan fingerprint density at radius 2 is 1.83 bits per heavy atom. The second-order valence-corrected chi connectivity index (χ2v) is 11.0. The van der Waals surface area contributed by atoms with E-state index >= 15 is 0 Å². The highest BCUT2D eigenvalue weighted by Gasteiger charge is 2.61. The van der Waals surface area contributed by atoms with Crippen LogP contribution in [0.1, 0.15) is 78.6 Å². The Morgan fingerprint density at radius 1 is 1.10 bits per heavy atom. The van der Waals surface area contributed by atoms with Gasteiger partial charge >= 0.3 is 6.03 Å². The lowest BCUT2D eigenvalue weighted by Crippen LogP contribution is -2.62. The highest BCUT2D eigenvalue weighted by Crippen LogP contribution is 2.65. The molecule has 4 aliphatic rings. The van der Waals surface area contributed by atoms with Crippen LogP contribution >= 0.6 is 0 Å². The van der Waals surface area contributed by atoms with Crippen LogP contribution in [0.2, 0.25) is 0 Å². The monoisotopic (exact) mass is 403 g/mol. The van der Waals surface area contributed by atoms with Gasteiger partial charge in [0.1, 0.15) is 0 Å². The first kappa shape index (κ1) is 21.0. The van der Waals surface area contributed by atoms with Crippen LogP contribution in [0.4, 0.5) is 4.79 Å². The fraction of sp³-hybridized carbons (Fsp3) is 0.917. The van der Waals surface area contributed by atoms with E-state index in [1.54, 1.807) is 0 Å². The first-order valence-electron chi connectivity index (χ1n) is 12.0. The molecule has 4 fully saturated rings. The Bertz CT molecular complexity index is 667. The van der Waals surface area contributed by atoms with Gasteiger partial charge in [-0.05, 0) is 80.0 Å². The van der Waals surface area contributed by atoms with Crippen LogP contribution in [0.3, 0.4) is 0 Å². The van der Waals surface area contributed by atoms with Gasteiger partial charge in [0.15, 0.2) is 0 Å². The molecule has 0 radical (unpaired) electrons. The SMILES string of the molecule is CCCNC(=O)N(C)[C@H]1CC[C@H]2[C@@H]3CC[C@H]4N(C)C(=O)CC[C@]4(C)[C@H]3CC[C@]12C. The van der Waals surface area contributed by atoms with Gasteiger partial charge in [-0.1, -0.05) is 20.8 Å². The Balaban J connectivity index is 1.54. The number of piperidine rings is 1. The van der Waals surface area contributed by atoms with Gasteiger partial charge in [-0.3, -0.25) is 4.79 Å². The van der Waals surface area contributed by atoms with Gasteiger partial charge < -0.3 is 15.1 Å². The van der Waals surface area contributed by atoms with Crippen molar-refractivity contribution in [3.05, 3.63) is 0 Å². The molecule has 0 aromatic carbocycles. The maximum atomic E-state index is 12.7. The molecule has 5 heteroatoms. The molecule has 164 valence electrons. The number of fused-ring (bicyclic) bond motifs is 5. The standard InChI is InChI=1S/C24H41N3O2/c1-6-15-25-22(29)27(5)20-10-8-17-16-7-9-19-24(3,14-12-21(28)26(19)4)18(16)11-13-23(17,20)2/h16-20H,6-15H2,1-5H3,(H,25,29)/t16-,17-,18-,19+,20-,23-,24+/m0/s1. The number of carbonyl (C=O) groups is 2. The second-order valence-electron chi connectivity index (χ2n) is 11.0. The number of nitrogens with zero attached hydrogens (tertiary/aromatic N) is 2. The number of amides is 3. The Labute approximate surface area is 177 Å². The van der Waals surface area contributed by atoms with Gasteiger partial charge in [0.05, 0.1) is 0 Å². The number of hydrogen-bond acceptors (Lipinski definition) is 2. The van der Waals surface area contributed by atoms with Crippen molar-refractivity contribution in [2.75, 3.05) is 20.6 Å². The van der Waals surface area contributed by atoms with Crippen molar-refractivity contribution in [1.29, 1.82) is 0 Å². The summed E-state index contributed by atoms with van der Waals surface area (Å²) in [5.74, 6) is 2.54. The predicted molar refractivity (Wildman–Crippen MR) is 115 cm³/mol. The summed E-state index contributed by atoms with van der Waals surface area (Å²) in [6.45, 7) is 7.81. The highest BCUT2D eigenvalue weighted by molar-refractivity contribution is 5.77. The van der Waals surface area contributed by atoms with Gasteiger partial charge in [-0.25, -0.2) is 4.79 Å². The first-order chi connectivity index (χ1) is 13.7. The minimum Gasteiger partial charge on any atom is -0.342 e. The summed E-state index contributed by atoms with van der Waals surface area (Å²) >= 11 is 0. The van der Waals surface area contributed by atoms with Crippen molar-refractivity contribution in [1.82, 2.24) is 15.1 Å². The number of carbonyl (C=O) groups excluding carboxylic acids is 2. The van der Waals surface area contributed by atoms with E-state index in [0.29, 0.717) is 23.9 Å². The minimum atomic E-state index is 0.101. The molecule has 0 bridgehead atoms. The van der Waals surface area contributed by atoms with Crippen molar-refractivity contribution in [3.8, 4) is 0 Å². The first-order valence-corrected chi connectivity index (χ1v) is 12.0. The van der Waals surface area contributed by atoms with Gasteiger partial charge in [-0.15, -0.1) is 0 Å². The van der Waals surface area contributed by atoms with Crippen molar-refractivity contribution in [3.63, 3.8) is 0 Å². The fourth-order valence-corrected chi connectivity index (χ4v) is 8.26. The third kappa shape index (κ3) is 3.09. The molecule has 3 amide bonds. The molecule has 4 rings (SSSR count). The number of urea groups is 1. The molecule has 1 heterocycles. The van der Waals surface area contributed by atoms with Crippen LogP contribution in [-0.2, 0) is 4.79 Å². The molecule has 0 spiro atoms. The summed E-state index contributed by atoms with van der Waals surface area (Å²) in [6.07, 6.45) is 10.0. The van der Waals surface area contributed by atoms with Crippen molar-refractivity contribution < 1.29 is 9.59 Å². The zero-order valence-corrected chi connectivity index (χ0v) is 19.2. The molecule has 5 nitrogen and oxygen atoms in total. The third-order valence-corrected chi connectivity index (χ3v) is 9.82. The average molecular weight is 404 g/mol. The van der Waals surface area contributed by atoms with Crippen LogP contribution in [0, 0.1) is 28.6 Å². The van der Waals surface area contributed by atoms with Crippen LogP contribution in [0.5, 0.6) is 0 Å². The number of rotatable bonds is 3. The van der Waals surface area contributed by atoms with E-state index < -0.39 is 0 Å². The summed E-state index contributed by atoms with van der Waals surface area (Å²) in [5.41, 5.74) is 0.508. The molecule has 1 aliphatic heterocycles. The fourth-order valence-electron chi connectivity index (χ4n) is 8.26. The van der Waals surface area contributed by atoms with Gasteiger partial charge in [0.2, 0.25) is 5.91 Å². The lowest BCUT2D eigenvalue weighted by Gasteiger charge is -2.62. The van der Waals surface area contributed by atoms with Crippen molar-refractivity contribution in [2.24, 2.45) is 28.6 Å². The molecule has 3 aliphatic carbocycles. The molecular formula is C24H41N3O2. The van der Waals surface area contributed by atoms with Gasteiger partial charge in [0.25, 0.3) is 0 Å². The zero-order valence-electron chi connectivity index (χ0n) is 19.2. The summed E-state index contributed by atoms with van der Waals surface area (Å²) in [6, 6.07) is 0.879. The normalized spacial score (nSPS) is 44.0.